The molecule has 0 saturated heterocycles. The van der Waals surface area contributed by atoms with Crippen LogP contribution in [0.15, 0.2) is 97.1 Å². The van der Waals surface area contributed by atoms with Gasteiger partial charge in [0.25, 0.3) is 0 Å². The molecule has 0 amide bonds. The van der Waals surface area contributed by atoms with Crippen LogP contribution in [0.1, 0.15) is 30.4 Å². The maximum atomic E-state index is 8.92. The van der Waals surface area contributed by atoms with Gasteiger partial charge in [-0.1, -0.05) is 48.5 Å². The third kappa shape index (κ3) is 6.73. The van der Waals surface area contributed by atoms with Crippen LogP contribution >= 0.6 is 0 Å². The van der Waals surface area contributed by atoms with E-state index in [1.165, 1.54) is 0 Å². The molecule has 0 spiro atoms. The molecule has 4 aromatic rings. The van der Waals surface area contributed by atoms with Crippen LogP contribution in [-0.2, 0) is 0 Å². The van der Waals surface area contributed by atoms with Crippen LogP contribution in [0, 0.1) is 22.7 Å². The largest absolute Gasteiger partial charge is 0.494 e. The van der Waals surface area contributed by atoms with Gasteiger partial charge in [0.15, 0.2) is 0 Å². The lowest BCUT2D eigenvalue weighted by molar-refractivity contribution is 0.279. The van der Waals surface area contributed by atoms with E-state index < -0.39 is 0 Å². The van der Waals surface area contributed by atoms with E-state index in [2.05, 4.69) is 12.1 Å². The average Bonchev–Trinajstić information content (AvgIpc) is 2.93. The molecule has 4 nitrogen and oxygen atoms in total. The van der Waals surface area contributed by atoms with Gasteiger partial charge >= 0.3 is 0 Å². The van der Waals surface area contributed by atoms with Crippen LogP contribution in [-0.4, -0.2) is 13.2 Å². The van der Waals surface area contributed by atoms with Crippen molar-refractivity contribution in [2.45, 2.75) is 19.3 Å². The van der Waals surface area contributed by atoms with Crippen molar-refractivity contribution in [3.05, 3.63) is 108 Å². The first-order valence-corrected chi connectivity index (χ1v) is 11.7. The van der Waals surface area contributed by atoms with Gasteiger partial charge in [0.05, 0.1) is 36.5 Å². The molecule has 0 fully saturated rings. The van der Waals surface area contributed by atoms with Crippen LogP contribution in [0.4, 0.5) is 0 Å². The smallest absolute Gasteiger partial charge is 0.119 e. The summed E-state index contributed by atoms with van der Waals surface area (Å²) < 4.78 is 11.7. The molecule has 35 heavy (non-hydrogen) atoms. The van der Waals surface area contributed by atoms with Gasteiger partial charge in [-0.3, -0.25) is 0 Å². The van der Waals surface area contributed by atoms with Crippen molar-refractivity contribution in [1.29, 1.82) is 10.5 Å². The highest BCUT2D eigenvalue weighted by Crippen LogP contribution is 2.24. The lowest BCUT2D eigenvalue weighted by Gasteiger charge is -2.09. The monoisotopic (exact) mass is 458 g/mol. The first-order chi connectivity index (χ1) is 17.2. The van der Waals surface area contributed by atoms with Crippen molar-refractivity contribution in [3.8, 4) is 45.9 Å². The van der Waals surface area contributed by atoms with Gasteiger partial charge in [-0.2, -0.15) is 10.5 Å². The van der Waals surface area contributed by atoms with Gasteiger partial charge in [-0.25, -0.2) is 0 Å². The Kier molecular flexibility index (Phi) is 8.14. The van der Waals surface area contributed by atoms with E-state index in [4.69, 9.17) is 20.0 Å². The second-order valence-electron chi connectivity index (χ2n) is 8.18. The van der Waals surface area contributed by atoms with E-state index in [-0.39, 0.29) is 0 Å². The predicted molar refractivity (Wildman–Crippen MR) is 138 cm³/mol. The Hall–Kier alpha value is -4.54. The summed E-state index contributed by atoms with van der Waals surface area (Å²) in [4.78, 5) is 0. The minimum atomic E-state index is 0.664. The number of hydrogen-bond acceptors (Lipinski definition) is 4. The fourth-order valence-electron chi connectivity index (χ4n) is 3.72. The highest BCUT2D eigenvalue weighted by molar-refractivity contribution is 5.65. The summed E-state index contributed by atoms with van der Waals surface area (Å²) in [6, 6.07) is 35.5. The molecule has 0 unspecified atom stereocenters. The molecule has 0 aromatic heterocycles. The molecular formula is C31H26N2O2. The molecule has 0 atom stereocenters. The topological polar surface area (TPSA) is 66.0 Å². The lowest BCUT2D eigenvalue weighted by Crippen LogP contribution is -2.01. The number of nitrogens with zero attached hydrogens (tertiary/aromatic N) is 2. The Morgan fingerprint density at radius 1 is 0.429 bits per heavy atom. The van der Waals surface area contributed by atoms with Crippen LogP contribution in [0.3, 0.4) is 0 Å². The molecule has 0 aliphatic carbocycles. The zero-order valence-corrected chi connectivity index (χ0v) is 19.5. The van der Waals surface area contributed by atoms with Gasteiger partial charge in [0.2, 0.25) is 0 Å². The van der Waals surface area contributed by atoms with Crippen LogP contribution < -0.4 is 9.47 Å². The van der Waals surface area contributed by atoms with E-state index in [1.54, 1.807) is 0 Å². The molecule has 4 heteroatoms. The van der Waals surface area contributed by atoms with E-state index in [1.807, 2.05) is 97.1 Å². The quantitative estimate of drug-likeness (QED) is 0.232. The molecule has 0 aliphatic rings. The van der Waals surface area contributed by atoms with E-state index in [9.17, 15) is 0 Å². The molecule has 0 heterocycles. The fourth-order valence-corrected chi connectivity index (χ4v) is 3.72. The highest BCUT2D eigenvalue weighted by atomic mass is 16.5. The SMILES string of the molecule is N#Cc1ccc(-c2ccc(OCCCCCOc3ccc(-c4ccc(C#N)cc4)cc3)cc2)cc1. The van der Waals surface area contributed by atoms with Crippen molar-refractivity contribution in [2.24, 2.45) is 0 Å². The third-order valence-corrected chi connectivity index (χ3v) is 5.73. The van der Waals surface area contributed by atoms with Crippen LogP contribution in [0.5, 0.6) is 11.5 Å². The minimum absolute atomic E-state index is 0.664. The first kappa shape index (κ1) is 23.6. The summed E-state index contributed by atoms with van der Waals surface area (Å²) in [7, 11) is 0. The summed E-state index contributed by atoms with van der Waals surface area (Å²) in [5.41, 5.74) is 5.69. The summed E-state index contributed by atoms with van der Waals surface area (Å²) in [6.45, 7) is 1.35. The number of nitriles is 2. The molecule has 4 rings (SSSR count). The van der Waals surface area contributed by atoms with Crippen LogP contribution in [0.25, 0.3) is 22.3 Å². The van der Waals surface area contributed by atoms with E-state index in [0.29, 0.717) is 24.3 Å². The Labute approximate surface area is 206 Å². The van der Waals surface area contributed by atoms with Gasteiger partial charge in [-0.15, -0.1) is 0 Å². The maximum Gasteiger partial charge on any atom is 0.119 e. The normalized spacial score (nSPS) is 10.2. The van der Waals surface area contributed by atoms with Gasteiger partial charge in [0, 0.05) is 0 Å². The van der Waals surface area contributed by atoms with Crippen molar-refractivity contribution < 1.29 is 9.47 Å². The van der Waals surface area contributed by atoms with Gasteiger partial charge in [-0.05, 0) is 90.0 Å². The number of ether oxygens (including phenoxy) is 2. The summed E-state index contributed by atoms with van der Waals surface area (Å²) in [6.07, 6.45) is 2.98. The molecule has 0 N–H and O–H groups in total. The summed E-state index contributed by atoms with van der Waals surface area (Å²) in [5, 5.41) is 17.8. The number of hydrogen-bond donors (Lipinski definition) is 0. The fraction of sp³-hybridized carbons (Fsp3) is 0.161. The molecule has 0 bridgehead atoms. The van der Waals surface area contributed by atoms with E-state index >= 15 is 0 Å². The number of unbranched alkanes of at least 4 members (excludes halogenated alkanes) is 2. The highest BCUT2D eigenvalue weighted by Gasteiger charge is 2.02. The first-order valence-electron chi connectivity index (χ1n) is 11.7. The molecule has 0 aliphatic heterocycles. The zero-order chi connectivity index (χ0) is 24.3. The van der Waals surface area contributed by atoms with E-state index in [0.717, 1.165) is 53.0 Å². The molecule has 4 aromatic carbocycles. The van der Waals surface area contributed by atoms with Crippen molar-refractivity contribution in [3.63, 3.8) is 0 Å². The van der Waals surface area contributed by atoms with Crippen molar-refractivity contribution in [1.82, 2.24) is 0 Å². The van der Waals surface area contributed by atoms with Gasteiger partial charge < -0.3 is 9.47 Å². The minimum Gasteiger partial charge on any atom is -0.494 e. The standard InChI is InChI=1S/C31H26N2O2/c32-22-24-4-8-26(9-5-24)28-12-16-30(17-13-28)34-20-2-1-3-21-35-31-18-14-29(15-19-31)27-10-6-25(23-33)7-11-27/h4-19H,1-3,20-21H2. The number of benzene rings is 4. The zero-order valence-electron chi connectivity index (χ0n) is 19.5. The van der Waals surface area contributed by atoms with Crippen LogP contribution in [0.2, 0.25) is 0 Å². The maximum absolute atomic E-state index is 8.92. The Bertz CT molecular complexity index is 1190. The van der Waals surface area contributed by atoms with Gasteiger partial charge in [0.1, 0.15) is 11.5 Å². The molecule has 0 saturated carbocycles. The second-order valence-corrected chi connectivity index (χ2v) is 8.18. The summed E-state index contributed by atoms with van der Waals surface area (Å²) >= 11 is 0. The molecule has 0 radical (unpaired) electrons. The number of rotatable bonds is 10. The van der Waals surface area contributed by atoms with Crippen molar-refractivity contribution >= 4 is 0 Å². The molecule has 172 valence electrons. The predicted octanol–water partition coefficient (Wildman–Crippen LogP) is 7.39. The Morgan fingerprint density at radius 2 is 0.743 bits per heavy atom. The lowest BCUT2D eigenvalue weighted by atomic mass is 10.0. The third-order valence-electron chi connectivity index (χ3n) is 5.73. The molecular weight excluding hydrogens is 432 g/mol. The Morgan fingerprint density at radius 3 is 1.06 bits per heavy atom. The second kappa shape index (κ2) is 12.1. The average molecular weight is 459 g/mol. The Balaban J connectivity index is 1.13. The van der Waals surface area contributed by atoms with Crippen molar-refractivity contribution in [2.75, 3.05) is 13.2 Å². The summed E-state index contributed by atoms with van der Waals surface area (Å²) in [5.74, 6) is 1.72.